The molecule has 2 aromatic carbocycles. The van der Waals surface area contributed by atoms with Gasteiger partial charge in [-0.3, -0.25) is 13.9 Å². The highest BCUT2D eigenvalue weighted by molar-refractivity contribution is 5.69. The van der Waals surface area contributed by atoms with Crippen molar-refractivity contribution in [2.45, 2.75) is 37.7 Å². The molecular formula is C24H24N4O5. The van der Waals surface area contributed by atoms with E-state index in [1.807, 2.05) is 60.7 Å². The maximum absolute atomic E-state index is 12.9. The normalized spacial score (nSPS) is 22.7. The van der Waals surface area contributed by atoms with Gasteiger partial charge in [-0.25, -0.2) is 9.97 Å². The Labute approximate surface area is 189 Å². The summed E-state index contributed by atoms with van der Waals surface area (Å²) in [6.07, 6.45) is -1.19. The molecule has 0 unspecified atom stereocenters. The van der Waals surface area contributed by atoms with Gasteiger partial charge in [-0.15, -0.1) is 0 Å². The summed E-state index contributed by atoms with van der Waals surface area (Å²) in [5, 5.41) is 21.1. The fourth-order valence-corrected chi connectivity index (χ4v) is 3.99. The molecule has 1 aliphatic heterocycles. The van der Waals surface area contributed by atoms with E-state index >= 15 is 0 Å². The van der Waals surface area contributed by atoms with E-state index in [4.69, 9.17) is 9.47 Å². The van der Waals surface area contributed by atoms with Gasteiger partial charge in [0.2, 0.25) is 0 Å². The lowest BCUT2D eigenvalue weighted by molar-refractivity contribution is -0.0682. The molecule has 0 bridgehead atoms. The molecule has 9 heteroatoms. The van der Waals surface area contributed by atoms with Crippen molar-refractivity contribution in [3.63, 3.8) is 0 Å². The zero-order chi connectivity index (χ0) is 22.8. The minimum absolute atomic E-state index is 0.105. The molecule has 4 atom stereocenters. The van der Waals surface area contributed by atoms with Gasteiger partial charge in [0.1, 0.15) is 24.6 Å². The van der Waals surface area contributed by atoms with Crippen molar-refractivity contribution >= 4 is 11.2 Å². The summed E-state index contributed by atoms with van der Waals surface area (Å²) in [7, 11) is 0. The second-order valence-electron chi connectivity index (χ2n) is 8.03. The second-order valence-corrected chi connectivity index (χ2v) is 8.03. The van der Waals surface area contributed by atoms with E-state index in [1.54, 1.807) is 0 Å². The third-order valence-electron chi connectivity index (χ3n) is 5.75. The Balaban J connectivity index is 1.32. The lowest BCUT2D eigenvalue weighted by Crippen LogP contribution is -2.33. The third kappa shape index (κ3) is 4.31. The topological polar surface area (TPSA) is 112 Å². The van der Waals surface area contributed by atoms with Crippen LogP contribution in [0.5, 0.6) is 0 Å². The molecule has 0 amide bonds. The highest BCUT2D eigenvalue weighted by atomic mass is 16.6. The van der Waals surface area contributed by atoms with Crippen molar-refractivity contribution < 1.29 is 19.7 Å². The molecule has 0 aliphatic carbocycles. The van der Waals surface area contributed by atoms with Gasteiger partial charge in [0, 0.05) is 0 Å². The molecule has 33 heavy (non-hydrogen) atoms. The van der Waals surface area contributed by atoms with Crippen molar-refractivity contribution in [3.05, 3.63) is 94.8 Å². The van der Waals surface area contributed by atoms with Crippen molar-refractivity contribution in [2.24, 2.45) is 0 Å². The van der Waals surface area contributed by atoms with Gasteiger partial charge in [0.15, 0.2) is 17.4 Å². The quantitative estimate of drug-likeness (QED) is 0.440. The van der Waals surface area contributed by atoms with E-state index in [-0.39, 0.29) is 23.3 Å². The second kappa shape index (κ2) is 9.24. The number of ether oxygens (including phenoxy) is 2. The van der Waals surface area contributed by atoms with Crippen molar-refractivity contribution in [1.29, 1.82) is 0 Å². The van der Waals surface area contributed by atoms with E-state index in [0.717, 1.165) is 11.1 Å². The van der Waals surface area contributed by atoms with Crippen molar-refractivity contribution in [1.82, 2.24) is 19.1 Å². The van der Waals surface area contributed by atoms with E-state index in [1.165, 1.54) is 21.8 Å². The molecule has 1 fully saturated rings. The predicted molar refractivity (Wildman–Crippen MR) is 119 cm³/mol. The molecule has 0 radical (unpaired) electrons. The van der Waals surface area contributed by atoms with Gasteiger partial charge in [-0.05, 0) is 11.1 Å². The average Bonchev–Trinajstić information content (AvgIpc) is 3.39. The average molecular weight is 448 g/mol. The van der Waals surface area contributed by atoms with E-state index in [2.05, 4.69) is 9.97 Å². The van der Waals surface area contributed by atoms with Crippen LogP contribution in [-0.2, 0) is 22.6 Å². The van der Waals surface area contributed by atoms with Crippen molar-refractivity contribution in [2.75, 3.05) is 6.61 Å². The Kier molecular flexibility index (Phi) is 6.01. The fourth-order valence-electron chi connectivity index (χ4n) is 3.99. The summed E-state index contributed by atoms with van der Waals surface area (Å²) in [5.74, 6) is 0. The highest BCUT2D eigenvalue weighted by Gasteiger charge is 2.44. The predicted octanol–water partition coefficient (Wildman–Crippen LogP) is 1.48. The maximum atomic E-state index is 12.9. The van der Waals surface area contributed by atoms with Crippen LogP contribution in [0.2, 0.25) is 0 Å². The Morgan fingerprint density at radius 3 is 2.33 bits per heavy atom. The molecule has 1 aliphatic rings. The highest BCUT2D eigenvalue weighted by Crippen LogP contribution is 2.31. The first-order valence-electron chi connectivity index (χ1n) is 10.7. The first-order valence-corrected chi connectivity index (χ1v) is 10.7. The zero-order valence-electron chi connectivity index (χ0n) is 17.8. The van der Waals surface area contributed by atoms with Crippen LogP contribution in [0.4, 0.5) is 0 Å². The van der Waals surface area contributed by atoms with Crippen LogP contribution < -0.4 is 5.56 Å². The lowest BCUT2D eigenvalue weighted by atomic mass is 10.1. The van der Waals surface area contributed by atoms with Crippen LogP contribution in [0, 0.1) is 0 Å². The molecule has 1 saturated heterocycles. The molecule has 0 saturated carbocycles. The number of hydrogen-bond acceptors (Lipinski definition) is 7. The van der Waals surface area contributed by atoms with Crippen LogP contribution in [0.25, 0.3) is 11.2 Å². The van der Waals surface area contributed by atoms with E-state index in [0.29, 0.717) is 13.2 Å². The number of benzene rings is 2. The van der Waals surface area contributed by atoms with Gasteiger partial charge in [0.05, 0.1) is 26.1 Å². The number of hydrogen-bond donors (Lipinski definition) is 2. The number of nitrogens with zero attached hydrogens (tertiary/aromatic N) is 4. The monoisotopic (exact) mass is 448 g/mol. The van der Waals surface area contributed by atoms with Crippen LogP contribution in [0.3, 0.4) is 0 Å². The fraction of sp³-hybridized carbons (Fsp3) is 0.292. The molecule has 2 aromatic heterocycles. The standard InChI is InChI=1S/C24H24N4O5/c29-20-18(13-32-12-17-9-5-2-6-10-17)33-24(21(20)30)28-15-25-19-22(28)26-14-27(23(19)31)11-16-7-3-1-4-8-16/h1-10,14-15,18,20-21,24,29-30H,11-13H2/t18-,20-,21-,24-/m1/s1. The first-order chi connectivity index (χ1) is 16.1. The van der Waals surface area contributed by atoms with Gasteiger partial charge >= 0.3 is 0 Å². The summed E-state index contributed by atoms with van der Waals surface area (Å²) in [4.78, 5) is 21.5. The van der Waals surface area contributed by atoms with Gasteiger partial charge in [0.25, 0.3) is 5.56 Å². The molecule has 170 valence electrons. The number of fused-ring (bicyclic) bond motifs is 1. The Bertz CT molecular complexity index is 1270. The molecule has 2 N–H and O–H groups in total. The number of aliphatic hydroxyl groups excluding tert-OH is 2. The SMILES string of the molecule is O=c1c2ncn([C@@H]3O[C@H](COCc4ccccc4)[C@@H](O)[C@H]3O)c2ncn1Cc1ccccc1. The summed E-state index contributed by atoms with van der Waals surface area (Å²) in [6, 6.07) is 19.2. The molecule has 9 nitrogen and oxygen atoms in total. The number of rotatable bonds is 7. The van der Waals surface area contributed by atoms with Crippen LogP contribution in [0.1, 0.15) is 17.4 Å². The first kappa shape index (κ1) is 21.5. The lowest BCUT2D eigenvalue weighted by Gasteiger charge is -2.16. The minimum Gasteiger partial charge on any atom is -0.387 e. The van der Waals surface area contributed by atoms with Gasteiger partial charge in [-0.2, -0.15) is 0 Å². The van der Waals surface area contributed by atoms with Crippen LogP contribution >= 0.6 is 0 Å². The van der Waals surface area contributed by atoms with E-state index in [9.17, 15) is 15.0 Å². The summed E-state index contributed by atoms with van der Waals surface area (Å²) >= 11 is 0. The van der Waals surface area contributed by atoms with Gasteiger partial charge in [-0.1, -0.05) is 60.7 Å². The summed E-state index contributed by atoms with van der Waals surface area (Å²) < 4.78 is 14.5. The molecule has 3 heterocycles. The Morgan fingerprint density at radius 2 is 1.61 bits per heavy atom. The summed E-state index contributed by atoms with van der Waals surface area (Å²) in [6.45, 7) is 0.843. The molecule has 4 aromatic rings. The Hall–Kier alpha value is -3.37. The van der Waals surface area contributed by atoms with Crippen molar-refractivity contribution in [3.8, 4) is 0 Å². The minimum atomic E-state index is -1.22. The maximum Gasteiger partial charge on any atom is 0.281 e. The van der Waals surface area contributed by atoms with Crippen LogP contribution in [0.15, 0.2) is 78.1 Å². The zero-order valence-corrected chi connectivity index (χ0v) is 17.8. The third-order valence-corrected chi connectivity index (χ3v) is 5.75. The van der Waals surface area contributed by atoms with Crippen LogP contribution in [-0.4, -0.2) is 54.2 Å². The van der Waals surface area contributed by atoms with E-state index < -0.39 is 24.5 Å². The molecule has 5 rings (SSSR count). The molecule has 0 spiro atoms. The number of imidazole rings is 1. The number of aliphatic hydroxyl groups is 2. The summed E-state index contributed by atoms with van der Waals surface area (Å²) in [5.41, 5.74) is 2.13. The van der Waals surface area contributed by atoms with Gasteiger partial charge < -0.3 is 19.7 Å². The largest absolute Gasteiger partial charge is 0.387 e. The molecular weight excluding hydrogens is 424 g/mol. The Morgan fingerprint density at radius 1 is 0.909 bits per heavy atom. The smallest absolute Gasteiger partial charge is 0.281 e. The number of aromatic nitrogens is 4.